The molecule has 118 valence electrons. The van der Waals surface area contributed by atoms with Crippen molar-refractivity contribution in [2.75, 3.05) is 5.32 Å². The number of rotatable bonds is 4. The summed E-state index contributed by atoms with van der Waals surface area (Å²) in [6.45, 7) is 0. The number of H-pyrrole nitrogens is 2. The molecular formula is C18H15N5O. The Bertz CT molecular complexity index is 988. The molecule has 6 nitrogen and oxygen atoms in total. The average molecular weight is 317 g/mol. The second kappa shape index (κ2) is 6.00. The normalized spacial score (nSPS) is 10.8. The molecule has 6 heteroatoms. The Morgan fingerprint density at radius 1 is 1.00 bits per heavy atom. The highest BCUT2D eigenvalue weighted by Gasteiger charge is 2.09. The third kappa shape index (κ3) is 2.89. The summed E-state index contributed by atoms with van der Waals surface area (Å²) < 4.78 is 0. The van der Waals surface area contributed by atoms with Gasteiger partial charge in [0.1, 0.15) is 0 Å². The Labute approximate surface area is 137 Å². The first-order valence-corrected chi connectivity index (χ1v) is 7.60. The Kier molecular flexibility index (Phi) is 3.55. The molecule has 4 aromatic rings. The number of benzene rings is 2. The van der Waals surface area contributed by atoms with E-state index in [1.165, 1.54) is 5.39 Å². The summed E-state index contributed by atoms with van der Waals surface area (Å²) in [5.41, 5.74) is 2.64. The van der Waals surface area contributed by atoms with Crippen molar-refractivity contribution in [1.29, 1.82) is 0 Å². The van der Waals surface area contributed by atoms with Crippen LogP contribution in [0.4, 0.5) is 5.82 Å². The monoisotopic (exact) mass is 317 g/mol. The second-order valence-corrected chi connectivity index (χ2v) is 5.54. The highest BCUT2D eigenvalue weighted by Crippen LogP contribution is 2.24. The van der Waals surface area contributed by atoms with Gasteiger partial charge >= 0.3 is 0 Å². The maximum Gasteiger partial charge on any atom is 0.231 e. The van der Waals surface area contributed by atoms with Crippen LogP contribution in [0.25, 0.3) is 22.0 Å². The number of hydrogen-bond acceptors (Lipinski definition) is 3. The van der Waals surface area contributed by atoms with Gasteiger partial charge in [0.2, 0.25) is 5.91 Å². The fourth-order valence-electron chi connectivity index (χ4n) is 2.63. The van der Waals surface area contributed by atoms with Crippen LogP contribution in [0.3, 0.4) is 0 Å². The zero-order chi connectivity index (χ0) is 16.4. The van der Waals surface area contributed by atoms with Gasteiger partial charge in [0.05, 0.1) is 12.1 Å². The summed E-state index contributed by atoms with van der Waals surface area (Å²) in [5, 5.41) is 18.8. The van der Waals surface area contributed by atoms with Crippen LogP contribution in [0.2, 0.25) is 0 Å². The summed E-state index contributed by atoms with van der Waals surface area (Å²) >= 11 is 0. The van der Waals surface area contributed by atoms with Crippen molar-refractivity contribution >= 4 is 22.5 Å². The van der Waals surface area contributed by atoms with Gasteiger partial charge in [-0.05, 0) is 22.9 Å². The van der Waals surface area contributed by atoms with Crippen molar-refractivity contribution in [3.8, 4) is 11.3 Å². The number of nitrogens with one attached hydrogen (secondary N) is 3. The van der Waals surface area contributed by atoms with Gasteiger partial charge in [0, 0.05) is 23.5 Å². The number of fused-ring (bicyclic) bond motifs is 1. The highest BCUT2D eigenvalue weighted by molar-refractivity contribution is 5.92. The van der Waals surface area contributed by atoms with E-state index in [4.69, 9.17) is 0 Å². The lowest BCUT2D eigenvalue weighted by molar-refractivity contribution is -0.115. The van der Waals surface area contributed by atoms with E-state index in [1.54, 1.807) is 12.3 Å². The van der Waals surface area contributed by atoms with Crippen molar-refractivity contribution in [3.05, 3.63) is 66.5 Å². The molecule has 0 aliphatic heterocycles. The predicted molar refractivity (Wildman–Crippen MR) is 92.5 cm³/mol. The van der Waals surface area contributed by atoms with Gasteiger partial charge < -0.3 is 5.32 Å². The molecule has 0 saturated heterocycles. The van der Waals surface area contributed by atoms with Crippen LogP contribution in [-0.2, 0) is 11.2 Å². The van der Waals surface area contributed by atoms with Gasteiger partial charge in [-0.1, -0.05) is 36.4 Å². The van der Waals surface area contributed by atoms with E-state index in [2.05, 4.69) is 50.0 Å². The zero-order valence-corrected chi connectivity index (χ0v) is 12.8. The number of amides is 1. The quantitative estimate of drug-likeness (QED) is 0.540. The molecule has 24 heavy (non-hydrogen) atoms. The molecule has 4 rings (SSSR count). The lowest BCUT2D eigenvalue weighted by atomic mass is 10.1. The van der Waals surface area contributed by atoms with E-state index in [0.717, 1.165) is 22.3 Å². The molecule has 0 bridgehead atoms. The molecular weight excluding hydrogens is 302 g/mol. The van der Waals surface area contributed by atoms with Gasteiger partial charge in [-0.3, -0.25) is 15.0 Å². The van der Waals surface area contributed by atoms with E-state index in [1.807, 2.05) is 24.3 Å². The standard InChI is InChI=1S/C18H15N5O/c24-18(10-15-7-8-19-21-15)20-17-11-16(22-23-17)14-6-5-12-3-1-2-4-13(12)9-14/h1-9,11H,10H2,(H,19,21)(H2,20,22,23,24). The Morgan fingerprint density at radius 3 is 2.71 bits per heavy atom. The van der Waals surface area contributed by atoms with Crippen LogP contribution in [0.5, 0.6) is 0 Å². The molecule has 2 heterocycles. The van der Waals surface area contributed by atoms with E-state index < -0.39 is 0 Å². The number of hydrogen-bond donors (Lipinski definition) is 3. The molecule has 2 aromatic heterocycles. The Balaban J connectivity index is 1.52. The van der Waals surface area contributed by atoms with Crippen LogP contribution in [0.1, 0.15) is 5.69 Å². The van der Waals surface area contributed by atoms with Crippen molar-refractivity contribution < 1.29 is 4.79 Å². The lowest BCUT2D eigenvalue weighted by Gasteiger charge is -2.01. The number of aromatic amines is 2. The van der Waals surface area contributed by atoms with Crippen LogP contribution in [0.15, 0.2) is 60.8 Å². The van der Waals surface area contributed by atoms with Crippen molar-refractivity contribution in [1.82, 2.24) is 20.4 Å². The first kappa shape index (κ1) is 14.2. The van der Waals surface area contributed by atoms with Crippen molar-refractivity contribution in [2.24, 2.45) is 0 Å². The van der Waals surface area contributed by atoms with Crippen LogP contribution >= 0.6 is 0 Å². The Morgan fingerprint density at radius 2 is 1.88 bits per heavy atom. The first-order chi connectivity index (χ1) is 11.8. The van der Waals surface area contributed by atoms with Gasteiger partial charge in [-0.2, -0.15) is 10.2 Å². The molecule has 0 aliphatic carbocycles. The third-order valence-corrected chi connectivity index (χ3v) is 3.82. The van der Waals surface area contributed by atoms with Gasteiger partial charge in [0.15, 0.2) is 5.82 Å². The Hall–Kier alpha value is -3.41. The first-order valence-electron chi connectivity index (χ1n) is 7.60. The SMILES string of the molecule is O=C(Cc1ccn[nH]1)Nc1cc(-c2ccc3ccccc3c2)[nH]n1. The topological polar surface area (TPSA) is 86.5 Å². The molecule has 0 fully saturated rings. The molecule has 2 aromatic carbocycles. The van der Waals surface area contributed by atoms with E-state index in [9.17, 15) is 4.79 Å². The summed E-state index contributed by atoms with van der Waals surface area (Å²) in [7, 11) is 0. The summed E-state index contributed by atoms with van der Waals surface area (Å²) in [6, 6.07) is 18.0. The minimum absolute atomic E-state index is 0.143. The molecule has 0 saturated carbocycles. The average Bonchev–Trinajstić information content (AvgIpc) is 3.26. The molecule has 0 spiro atoms. The molecule has 0 aliphatic rings. The minimum atomic E-state index is -0.143. The fourth-order valence-corrected chi connectivity index (χ4v) is 2.63. The second-order valence-electron chi connectivity index (χ2n) is 5.54. The van der Waals surface area contributed by atoms with Crippen LogP contribution in [0, 0.1) is 0 Å². The van der Waals surface area contributed by atoms with Gasteiger partial charge in [-0.15, -0.1) is 0 Å². The van der Waals surface area contributed by atoms with Gasteiger partial charge in [-0.25, -0.2) is 0 Å². The minimum Gasteiger partial charge on any atom is -0.309 e. The molecule has 3 N–H and O–H groups in total. The molecule has 0 unspecified atom stereocenters. The van der Waals surface area contributed by atoms with Gasteiger partial charge in [0.25, 0.3) is 0 Å². The highest BCUT2D eigenvalue weighted by atomic mass is 16.1. The van der Waals surface area contributed by atoms with Crippen LogP contribution < -0.4 is 5.32 Å². The number of carbonyl (C=O) groups is 1. The molecule has 0 radical (unpaired) electrons. The number of nitrogens with zero attached hydrogens (tertiary/aromatic N) is 2. The van der Waals surface area contributed by atoms with E-state index >= 15 is 0 Å². The third-order valence-electron chi connectivity index (χ3n) is 3.82. The van der Waals surface area contributed by atoms with Crippen molar-refractivity contribution in [3.63, 3.8) is 0 Å². The zero-order valence-electron chi connectivity index (χ0n) is 12.8. The summed E-state index contributed by atoms with van der Waals surface area (Å²) in [5.74, 6) is 0.360. The van der Waals surface area contributed by atoms with E-state index in [0.29, 0.717) is 5.82 Å². The fraction of sp³-hybridized carbons (Fsp3) is 0.0556. The molecule has 1 amide bonds. The van der Waals surface area contributed by atoms with E-state index in [-0.39, 0.29) is 12.3 Å². The maximum absolute atomic E-state index is 12.0. The number of aromatic nitrogens is 4. The maximum atomic E-state index is 12.0. The van der Waals surface area contributed by atoms with Crippen LogP contribution in [-0.4, -0.2) is 26.3 Å². The number of carbonyl (C=O) groups excluding carboxylic acids is 1. The largest absolute Gasteiger partial charge is 0.309 e. The number of anilines is 1. The summed E-state index contributed by atoms with van der Waals surface area (Å²) in [6.07, 6.45) is 1.85. The smallest absolute Gasteiger partial charge is 0.231 e. The predicted octanol–water partition coefficient (Wildman–Crippen LogP) is 3.13. The van der Waals surface area contributed by atoms with Crippen molar-refractivity contribution in [2.45, 2.75) is 6.42 Å². The summed E-state index contributed by atoms with van der Waals surface area (Å²) in [4.78, 5) is 12.0. The lowest BCUT2D eigenvalue weighted by Crippen LogP contribution is -2.14. The molecule has 0 atom stereocenters.